The second-order valence-corrected chi connectivity index (χ2v) is 19.8. The molecule has 1 aliphatic carbocycles. The Morgan fingerprint density at radius 3 is 2.11 bits per heavy atom. The van der Waals surface area contributed by atoms with Crippen LogP contribution in [0.15, 0.2) is 126 Å². The highest BCUT2D eigenvalue weighted by Gasteiger charge is 2.58. The van der Waals surface area contributed by atoms with E-state index in [0.717, 1.165) is 23.1 Å². The Morgan fingerprint density at radius 2 is 1.53 bits per heavy atom. The van der Waals surface area contributed by atoms with Crippen molar-refractivity contribution in [2.45, 2.75) is 64.5 Å². The van der Waals surface area contributed by atoms with Crippen molar-refractivity contribution in [3.8, 4) is 5.75 Å². The minimum atomic E-state index is -2.92. The Bertz CT molecular complexity index is 1980. The standard InChI is InChI=1S/C45H48FNO5Si/c1-5-30(25-31-21-23-39(48)38(46)26-31)22-24-40-41-32(27-36-42(37(41)29-51-40)44(50)47(43(36)49)33-15-9-6-10-16-33)28-52-53(45(2,3)4,34-17-11-7-12-18-34)35-19-13-8-14-20-35/h6-21,23,25-26,36-37,40,42,48H,5,22,24,27-29H2,1-4H3/b30-25+/t36-,37+,40-,42-/m1/s1. The van der Waals surface area contributed by atoms with Gasteiger partial charge in [-0.2, -0.15) is 0 Å². The molecular weight excluding hydrogens is 682 g/mol. The molecule has 4 aromatic carbocycles. The van der Waals surface area contributed by atoms with Crippen molar-refractivity contribution in [3.63, 3.8) is 0 Å². The van der Waals surface area contributed by atoms with Crippen molar-refractivity contribution < 1.29 is 28.2 Å². The van der Waals surface area contributed by atoms with Crippen molar-refractivity contribution in [3.05, 3.63) is 137 Å². The molecule has 1 N–H and O–H groups in total. The number of carbonyl (C=O) groups excluding carboxylic acids is 2. The molecule has 2 saturated heterocycles. The molecule has 0 radical (unpaired) electrons. The second kappa shape index (κ2) is 15.0. The summed E-state index contributed by atoms with van der Waals surface area (Å²) in [6, 6.07) is 34.7. The quantitative estimate of drug-likeness (QED) is 0.0958. The lowest BCUT2D eigenvalue weighted by Gasteiger charge is -2.44. The van der Waals surface area contributed by atoms with Crippen LogP contribution < -0.4 is 15.3 Å². The van der Waals surface area contributed by atoms with Crippen LogP contribution in [0.4, 0.5) is 10.1 Å². The number of para-hydroxylation sites is 1. The van der Waals surface area contributed by atoms with E-state index in [1.54, 1.807) is 6.07 Å². The number of anilines is 1. The van der Waals surface area contributed by atoms with E-state index in [1.807, 2.05) is 48.5 Å². The molecule has 0 saturated carbocycles. The van der Waals surface area contributed by atoms with E-state index < -0.39 is 26.0 Å². The van der Waals surface area contributed by atoms with Gasteiger partial charge in [0.15, 0.2) is 11.6 Å². The van der Waals surface area contributed by atoms with Gasteiger partial charge in [0.05, 0.1) is 36.8 Å². The van der Waals surface area contributed by atoms with Crippen LogP contribution in [0.2, 0.25) is 5.04 Å². The van der Waals surface area contributed by atoms with Crippen molar-refractivity contribution in [2.24, 2.45) is 17.8 Å². The summed E-state index contributed by atoms with van der Waals surface area (Å²) in [6.07, 6.45) is 4.32. The average molecular weight is 730 g/mol. The van der Waals surface area contributed by atoms with E-state index in [-0.39, 0.29) is 34.6 Å². The van der Waals surface area contributed by atoms with Crippen molar-refractivity contribution in [1.82, 2.24) is 0 Å². The predicted octanol–water partition coefficient (Wildman–Crippen LogP) is 8.20. The fraction of sp³-hybridized carbons (Fsp3) is 0.333. The highest BCUT2D eigenvalue weighted by Crippen LogP contribution is 2.51. The summed E-state index contributed by atoms with van der Waals surface area (Å²) in [4.78, 5) is 29.8. The third kappa shape index (κ3) is 6.84. The number of amides is 2. The summed E-state index contributed by atoms with van der Waals surface area (Å²) in [5, 5.41) is 11.8. The number of ether oxygens (including phenoxy) is 1. The molecule has 8 heteroatoms. The Hall–Kier alpha value is -4.63. The number of phenols is 1. The van der Waals surface area contributed by atoms with Crippen LogP contribution in [0, 0.1) is 23.6 Å². The number of nitrogens with zero attached hydrogens (tertiary/aromatic N) is 1. The number of aromatic hydroxyl groups is 1. The molecule has 0 aromatic heterocycles. The molecule has 2 heterocycles. The maximum Gasteiger partial charge on any atom is 0.261 e. The lowest BCUT2D eigenvalue weighted by molar-refractivity contribution is -0.122. The van der Waals surface area contributed by atoms with E-state index in [0.29, 0.717) is 43.7 Å². The Kier molecular flexibility index (Phi) is 10.4. The summed E-state index contributed by atoms with van der Waals surface area (Å²) in [5.41, 5.74) is 4.58. The van der Waals surface area contributed by atoms with Crippen LogP contribution in [-0.4, -0.2) is 44.6 Å². The number of hydrogen-bond donors (Lipinski definition) is 1. The third-order valence-corrected chi connectivity index (χ3v) is 16.4. The summed E-state index contributed by atoms with van der Waals surface area (Å²) in [5.74, 6) is -2.56. The van der Waals surface area contributed by atoms with Gasteiger partial charge in [-0.15, -0.1) is 0 Å². The van der Waals surface area contributed by atoms with Crippen LogP contribution in [0.25, 0.3) is 6.08 Å². The first-order chi connectivity index (χ1) is 25.5. The van der Waals surface area contributed by atoms with Gasteiger partial charge in [-0.1, -0.05) is 124 Å². The highest BCUT2D eigenvalue weighted by atomic mass is 28.4. The van der Waals surface area contributed by atoms with E-state index in [1.165, 1.54) is 27.4 Å². The first-order valence-electron chi connectivity index (χ1n) is 18.7. The summed E-state index contributed by atoms with van der Waals surface area (Å²) in [6.45, 7) is 9.54. The Balaban J connectivity index is 1.27. The number of carbonyl (C=O) groups is 2. The largest absolute Gasteiger partial charge is 0.505 e. The smallest absolute Gasteiger partial charge is 0.261 e. The summed E-state index contributed by atoms with van der Waals surface area (Å²) in [7, 11) is -2.92. The van der Waals surface area contributed by atoms with Gasteiger partial charge in [0, 0.05) is 5.92 Å². The molecule has 274 valence electrons. The topological polar surface area (TPSA) is 76.1 Å². The van der Waals surface area contributed by atoms with Gasteiger partial charge in [-0.25, -0.2) is 4.39 Å². The first kappa shape index (κ1) is 36.7. The van der Waals surface area contributed by atoms with E-state index in [4.69, 9.17) is 9.16 Å². The van der Waals surface area contributed by atoms with Crippen LogP contribution >= 0.6 is 0 Å². The lowest BCUT2D eigenvalue weighted by Crippen LogP contribution is -2.66. The number of fused-ring (bicyclic) bond motifs is 3. The maximum absolute atomic E-state index is 14.2. The van der Waals surface area contributed by atoms with Crippen molar-refractivity contribution in [2.75, 3.05) is 18.1 Å². The molecule has 53 heavy (non-hydrogen) atoms. The van der Waals surface area contributed by atoms with Crippen molar-refractivity contribution in [1.29, 1.82) is 0 Å². The highest BCUT2D eigenvalue weighted by molar-refractivity contribution is 6.99. The summed E-state index contributed by atoms with van der Waals surface area (Å²) < 4.78 is 28.3. The van der Waals surface area contributed by atoms with Gasteiger partial charge in [-0.05, 0) is 82.1 Å². The Labute approximate surface area is 313 Å². The number of benzene rings is 4. The van der Waals surface area contributed by atoms with Crippen LogP contribution in [0.3, 0.4) is 0 Å². The van der Waals surface area contributed by atoms with Crippen LogP contribution in [0.5, 0.6) is 5.75 Å². The zero-order valence-electron chi connectivity index (χ0n) is 30.9. The predicted molar refractivity (Wildman–Crippen MR) is 210 cm³/mol. The van der Waals surface area contributed by atoms with E-state index >= 15 is 0 Å². The van der Waals surface area contributed by atoms with Gasteiger partial charge in [0.2, 0.25) is 11.8 Å². The number of imide groups is 1. The van der Waals surface area contributed by atoms with E-state index in [9.17, 15) is 19.1 Å². The molecule has 3 aliphatic rings. The van der Waals surface area contributed by atoms with Gasteiger partial charge in [0.1, 0.15) is 0 Å². The van der Waals surface area contributed by atoms with Gasteiger partial charge in [-0.3, -0.25) is 14.5 Å². The van der Waals surface area contributed by atoms with Gasteiger partial charge < -0.3 is 14.3 Å². The number of rotatable bonds is 11. The maximum atomic E-state index is 14.2. The molecule has 2 fully saturated rings. The van der Waals surface area contributed by atoms with E-state index in [2.05, 4.69) is 76.2 Å². The number of halogens is 1. The zero-order valence-corrected chi connectivity index (χ0v) is 31.9. The molecule has 4 atom stereocenters. The second-order valence-electron chi connectivity index (χ2n) is 15.5. The van der Waals surface area contributed by atoms with Crippen LogP contribution in [0.1, 0.15) is 58.9 Å². The zero-order chi connectivity index (χ0) is 37.3. The Morgan fingerprint density at radius 1 is 0.906 bits per heavy atom. The van der Waals surface area contributed by atoms with Gasteiger partial charge >= 0.3 is 0 Å². The number of phenolic OH excluding ortho intramolecular Hbond substituents is 1. The van der Waals surface area contributed by atoms with Crippen LogP contribution in [-0.2, 0) is 18.8 Å². The third-order valence-electron chi connectivity index (χ3n) is 11.4. The molecule has 6 nitrogen and oxygen atoms in total. The molecular formula is C45H48FNO5Si. The molecule has 4 aromatic rings. The monoisotopic (exact) mass is 729 g/mol. The first-order valence-corrected chi connectivity index (χ1v) is 20.6. The number of hydrogen-bond acceptors (Lipinski definition) is 5. The molecule has 0 unspecified atom stereocenters. The fourth-order valence-corrected chi connectivity index (χ4v) is 13.5. The lowest BCUT2D eigenvalue weighted by atomic mass is 9.69. The average Bonchev–Trinajstić information content (AvgIpc) is 3.70. The van der Waals surface area contributed by atoms with Gasteiger partial charge in [0.25, 0.3) is 8.32 Å². The molecule has 0 spiro atoms. The fourth-order valence-electron chi connectivity index (χ4n) is 8.91. The SMILES string of the molecule is CC/C(=C\c1ccc(O)c(F)c1)CC[C@H]1OC[C@H]2C1=C(CO[Si](c1ccccc1)(c1ccccc1)C(C)(C)C)C[C@H]1C(=O)N(c3ccccc3)C(=O)[C@H]12. The molecule has 0 bridgehead atoms. The molecule has 7 rings (SSSR count). The molecule has 2 amide bonds. The molecule has 2 aliphatic heterocycles. The minimum Gasteiger partial charge on any atom is -0.505 e. The minimum absolute atomic E-state index is 0.158. The normalized spacial score (nSPS) is 22.0. The van der Waals surface area contributed by atoms with Crippen molar-refractivity contribution >= 4 is 42.3 Å². The summed E-state index contributed by atoms with van der Waals surface area (Å²) >= 11 is 0. The number of allylic oxidation sites excluding steroid dienone is 1.